The van der Waals surface area contributed by atoms with Crippen molar-refractivity contribution in [1.82, 2.24) is 19.8 Å². The van der Waals surface area contributed by atoms with Gasteiger partial charge in [-0.1, -0.05) is 12.1 Å². The van der Waals surface area contributed by atoms with Crippen molar-refractivity contribution in [3.05, 3.63) is 64.9 Å². The molecule has 0 aliphatic heterocycles. The number of ether oxygens (including phenoxy) is 2. The molecule has 0 saturated carbocycles. The minimum absolute atomic E-state index is 0.0597. The molecule has 34 heavy (non-hydrogen) atoms. The van der Waals surface area contributed by atoms with Crippen LogP contribution in [0.15, 0.2) is 54.4 Å². The van der Waals surface area contributed by atoms with E-state index in [0.717, 1.165) is 54.4 Å². The third kappa shape index (κ3) is 8.04. The van der Waals surface area contributed by atoms with Gasteiger partial charge < -0.3 is 24.3 Å². The maximum atomic E-state index is 12.1. The number of thiophene rings is 1. The molecule has 0 fully saturated rings. The number of aromatic nitrogens is 2. The first-order valence-electron chi connectivity index (χ1n) is 11.5. The maximum Gasteiger partial charge on any atom is 0.223 e. The number of amides is 1. The normalized spacial score (nSPS) is 11.3. The summed E-state index contributed by atoms with van der Waals surface area (Å²) in [6, 6.07) is 8.15. The van der Waals surface area contributed by atoms with Gasteiger partial charge in [0, 0.05) is 42.2 Å². The predicted molar refractivity (Wildman–Crippen MR) is 138 cm³/mol. The van der Waals surface area contributed by atoms with Crippen molar-refractivity contribution in [2.24, 2.45) is 0 Å². The molecule has 3 rings (SSSR count). The molecule has 0 radical (unpaired) electrons. The molecule has 0 atom stereocenters. The molecule has 7 nitrogen and oxygen atoms in total. The van der Waals surface area contributed by atoms with E-state index >= 15 is 0 Å². The monoisotopic (exact) mass is 482 g/mol. The van der Waals surface area contributed by atoms with Crippen LogP contribution in [0.25, 0.3) is 11.8 Å². The number of nitrogens with zero attached hydrogens (tertiary/aromatic N) is 3. The fraction of sp³-hybridized carbons (Fsp3) is 0.385. The Balaban J connectivity index is 1.26. The average Bonchev–Trinajstić information content (AvgIpc) is 3.54. The zero-order valence-corrected chi connectivity index (χ0v) is 21.0. The summed E-state index contributed by atoms with van der Waals surface area (Å²) in [5, 5.41) is 5.08. The summed E-state index contributed by atoms with van der Waals surface area (Å²) in [4.78, 5) is 19.6. The second-order valence-electron chi connectivity index (χ2n) is 8.08. The first kappa shape index (κ1) is 25.5. The van der Waals surface area contributed by atoms with Crippen molar-refractivity contribution < 1.29 is 14.3 Å². The lowest BCUT2D eigenvalue weighted by Crippen LogP contribution is -2.26. The summed E-state index contributed by atoms with van der Waals surface area (Å²) in [7, 11) is 5.44. The van der Waals surface area contributed by atoms with Gasteiger partial charge in [0.05, 0.1) is 26.2 Å². The number of carbonyl (C=O) groups is 1. The van der Waals surface area contributed by atoms with E-state index in [2.05, 4.69) is 39.8 Å². The van der Waals surface area contributed by atoms with Crippen LogP contribution in [0.5, 0.6) is 11.5 Å². The standard InChI is InChI=1S/C26H34N4O3S/c1-29(15-11-21-9-10-24(32-2)25(17-21)33-3)14-5-4-12-28-26(31)8-6-7-23-18-22(19-34-23)30-16-13-27-20-30/h6-7,9-10,13,16-20H,4-5,8,11-12,14-15H2,1-3H3,(H,28,31)/b7-6+. The number of methoxy groups -OCH3 is 2. The van der Waals surface area contributed by atoms with Crippen molar-refractivity contribution in [3.63, 3.8) is 0 Å². The second kappa shape index (κ2) is 13.6. The van der Waals surface area contributed by atoms with Gasteiger partial charge in [0.25, 0.3) is 0 Å². The van der Waals surface area contributed by atoms with Crippen molar-refractivity contribution in [1.29, 1.82) is 0 Å². The summed E-state index contributed by atoms with van der Waals surface area (Å²) in [6.07, 6.45) is 12.7. The Morgan fingerprint density at radius 3 is 2.79 bits per heavy atom. The number of hydrogen-bond acceptors (Lipinski definition) is 6. The summed E-state index contributed by atoms with van der Waals surface area (Å²) >= 11 is 1.65. The first-order chi connectivity index (χ1) is 16.6. The molecule has 1 aromatic carbocycles. The van der Waals surface area contributed by atoms with E-state index in [0.29, 0.717) is 13.0 Å². The Morgan fingerprint density at radius 2 is 2.03 bits per heavy atom. The number of likely N-dealkylation sites (N-methyl/N-ethyl adjacent to an activating group) is 1. The Bertz CT molecular complexity index is 1050. The van der Waals surface area contributed by atoms with Gasteiger partial charge in [-0.15, -0.1) is 11.3 Å². The molecule has 0 bridgehead atoms. The number of nitrogens with one attached hydrogen (secondary N) is 1. The quantitative estimate of drug-likeness (QED) is 0.345. The minimum atomic E-state index is 0.0597. The Hall–Kier alpha value is -3.10. The number of hydrogen-bond donors (Lipinski definition) is 1. The molecule has 3 aromatic rings. The van der Waals surface area contributed by atoms with Crippen molar-refractivity contribution in [3.8, 4) is 17.2 Å². The molecule has 0 unspecified atom stereocenters. The first-order valence-corrected chi connectivity index (χ1v) is 12.4. The van der Waals surface area contributed by atoms with Gasteiger partial charge in [0.2, 0.25) is 5.91 Å². The molecule has 1 N–H and O–H groups in total. The summed E-state index contributed by atoms with van der Waals surface area (Å²) in [5.74, 6) is 1.58. The van der Waals surface area contributed by atoms with Crippen LogP contribution < -0.4 is 14.8 Å². The lowest BCUT2D eigenvalue weighted by molar-refractivity contribution is -0.120. The highest BCUT2D eigenvalue weighted by atomic mass is 32.1. The minimum Gasteiger partial charge on any atom is -0.493 e. The van der Waals surface area contributed by atoms with E-state index in [-0.39, 0.29) is 5.91 Å². The van der Waals surface area contributed by atoms with E-state index in [1.54, 1.807) is 38.1 Å². The van der Waals surface area contributed by atoms with Gasteiger partial charge in [-0.25, -0.2) is 4.98 Å². The van der Waals surface area contributed by atoms with Gasteiger partial charge in [-0.05, 0) is 62.7 Å². The fourth-order valence-corrected chi connectivity index (χ4v) is 4.34. The summed E-state index contributed by atoms with van der Waals surface area (Å²) in [5.41, 5.74) is 2.31. The smallest absolute Gasteiger partial charge is 0.223 e. The van der Waals surface area contributed by atoms with Gasteiger partial charge >= 0.3 is 0 Å². The third-order valence-corrected chi connectivity index (χ3v) is 6.40. The van der Waals surface area contributed by atoms with Gasteiger partial charge in [0.15, 0.2) is 11.5 Å². The summed E-state index contributed by atoms with van der Waals surface area (Å²) in [6.45, 7) is 2.68. The Kier molecular flexibility index (Phi) is 10.2. The number of benzene rings is 1. The van der Waals surface area contributed by atoms with Crippen LogP contribution in [0.3, 0.4) is 0 Å². The molecule has 0 saturated heterocycles. The lowest BCUT2D eigenvalue weighted by Gasteiger charge is -2.17. The largest absolute Gasteiger partial charge is 0.493 e. The molecule has 8 heteroatoms. The van der Waals surface area contributed by atoms with Crippen molar-refractivity contribution in [2.75, 3.05) is 40.9 Å². The zero-order valence-electron chi connectivity index (χ0n) is 20.2. The van der Waals surface area contributed by atoms with Crippen LogP contribution in [0.1, 0.15) is 29.7 Å². The van der Waals surface area contributed by atoms with E-state index in [9.17, 15) is 4.79 Å². The Morgan fingerprint density at radius 1 is 1.18 bits per heavy atom. The molecule has 0 aliphatic rings. The van der Waals surface area contributed by atoms with Crippen LogP contribution in [-0.4, -0.2) is 61.3 Å². The molecule has 0 aliphatic carbocycles. The van der Waals surface area contributed by atoms with Gasteiger partial charge in [-0.2, -0.15) is 0 Å². The van der Waals surface area contributed by atoms with Crippen molar-refractivity contribution >= 4 is 23.3 Å². The third-order valence-electron chi connectivity index (χ3n) is 5.51. The highest BCUT2D eigenvalue weighted by Gasteiger charge is 2.06. The number of carbonyl (C=O) groups excluding carboxylic acids is 1. The highest BCUT2D eigenvalue weighted by molar-refractivity contribution is 7.11. The lowest BCUT2D eigenvalue weighted by atomic mass is 10.1. The highest BCUT2D eigenvalue weighted by Crippen LogP contribution is 2.27. The molecule has 1 amide bonds. The molecule has 2 heterocycles. The molecular weight excluding hydrogens is 448 g/mol. The topological polar surface area (TPSA) is 68.6 Å². The Labute approximate surface area is 206 Å². The second-order valence-corrected chi connectivity index (χ2v) is 9.03. The van der Waals surface area contributed by atoms with Crippen LogP contribution in [-0.2, 0) is 11.2 Å². The van der Waals surface area contributed by atoms with Crippen LogP contribution in [0, 0.1) is 0 Å². The molecular formula is C26H34N4O3S. The van der Waals surface area contributed by atoms with Crippen LogP contribution in [0.4, 0.5) is 0 Å². The zero-order chi connectivity index (χ0) is 24.2. The molecule has 182 valence electrons. The number of unbranched alkanes of at least 4 members (excludes halogenated alkanes) is 1. The number of imidazole rings is 1. The van der Waals surface area contributed by atoms with Gasteiger partial charge in [0.1, 0.15) is 0 Å². The number of rotatable bonds is 14. The van der Waals surface area contributed by atoms with Crippen LogP contribution in [0.2, 0.25) is 0 Å². The van der Waals surface area contributed by atoms with Crippen molar-refractivity contribution in [2.45, 2.75) is 25.7 Å². The molecule has 2 aromatic heterocycles. The van der Waals surface area contributed by atoms with Gasteiger partial charge in [-0.3, -0.25) is 4.79 Å². The van der Waals surface area contributed by atoms with E-state index in [4.69, 9.17) is 9.47 Å². The fourth-order valence-electron chi connectivity index (χ4n) is 3.53. The van der Waals surface area contributed by atoms with E-state index in [1.165, 1.54) is 5.56 Å². The van der Waals surface area contributed by atoms with Crippen LogP contribution >= 0.6 is 11.3 Å². The van der Waals surface area contributed by atoms with E-state index in [1.807, 2.05) is 35.0 Å². The maximum absolute atomic E-state index is 12.1. The van der Waals surface area contributed by atoms with E-state index < -0.39 is 0 Å². The average molecular weight is 483 g/mol. The molecule has 0 spiro atoms. The SMILES string of the molecule is COc1ccc(CCN(C)CCCCNC(=O)C/C=C/c2cc(-n3ccnc3)cs2)cc1OC. The predicted octanol–water partition coefficient (Wildman–Crippen LogP) is 4.43. The summed E-state index contributed by atoms with van der Waals surface area (Å²) < 4.78 is 12.6.